The van der Waals surface area contributed by atoms with Crippen LogP contribution in [0.3, 0.4) is 0 Å². The molecule has 1 N–H and O–H groups in total. The van der Waals surface area contributed by atoms with Crippen molar-refractivity contribution in [3.63, 3.8) is 0 Å². The number of benzene rings is 2. The maximum atomic E-state index is 14.4. The Morgan fingerprint density at radius 2 is 1.78 bits per heavy atom. The number of hydrogen-bond donors (Lipinski definition) is 1. The summed E-state index contributed by atoms with van der Waals surface area (Å²) in [5, 5.41) is 13.4. The topological polar surface area (TPSA) is 112 Å². The number of imidazole rings is 1. The zero-order chi connectivity index (χ0) is 32.1. The first-order valence-electron chi connectivity index (χ1n) is 13.8. The number of aromatic nitrogens is 5. The van der Waals surface area contributed by atoms with Crippen LogP contribution in [0.25, 0.3) is 34.0 Å². The van der Waals surface area contributed by atoms with E-state index in [-0.39, 0.29) is 71.6 Å². The molecule has 0 bridgehead atoms. The van der Waals surface area contributed by atoms with Gasteiger partial charge in [0.25, 0.3) is 0 Å². The molecule has 0 fully saturated rings. The van der Waals surface area contributed by atoms with E-state index in [9.17, 15) is 26.7 Å². The Kier molecular flexibility index (Phi) is 9.32. The fourth-order valence-corrected chi connectivity index (χ4v) is 4.51. The predicted molar refractivity (Wildman–Crippen MR) is 151 cm³/mol. The number of hydrogen-bond acceptors (Lipinski definition) is 8. The third kappa shape index (κ3) is 6.90. The number of fused-ring (bicyclic) bond motifs is 1. The third-order valence-electron chi connectivity index (χ3n) is 6.66. The zero-order valence-electron chi connectivity index (χ0n) is 23.8. The van der Waals surface area contributed by atoms with Gasteiger partial charge < -0.3 is 14.6 Å². The molecule has 0 amide bonds. The van der Waals surface area contributed by atoms with Gasteiger partial charge in [-0.1, -0.05) is 19.1 Å². The van der Waals surface area contributed by atoms with Gasteiger partial charge in [0.2, 0.25) is 0 Å². The molecule has 0 saturated carbocycles. The lowest BCUT2D eigenvalue weighted by molar-refractivity contribution is -0.147. The van der Waals surface area contributed by atoms with Gasteiger partial charge in [-0.2, -0.15) is 18.3 Å². The minimum atomic E-state index is -4.69. The summed E-state index contributed by atoms with van der Waals surface area (Å²) in [7, 11) is 0. The highest BCUT2D eigenvalue weighted by molar-refractivity contribution is 5.78. The van der Waals surface area contributed by atoms with Crippen molar-refractivity contribution in [1.29, 1.82) is 0 Å². The molecule has 14 heteroatoms. The second-order valence-corrected chi connectivity index (χ2v) is 9.85. The highest BCUT2D eigenvalue weighted by Crippen LogP contribution is 2.39. The Bertz CT molecular complexity index is 1760. The number of aliphatic hydroxyl groups excluding tert-OH is 1. The van der Waals surface area contributed by atoms with Gasteiger partial charge >= 0.3 is 12.1 Å². The van der Waals surface area contributed by atoms with Crippen LogP contribution in [0.15, 0.2) is 67.1 Å². The van der Waals surface area contributed by atoms with Crippen LogP contribution in [-0.4, -0.2) is 55.6 Å². The van der Waals surface area contributed by atoms with E-state index in [2.05, 4.69) is 20.1 Å². The van der Waals surface area contributed by atoms with Crippen LogP contribution in [0.1, 0.15) is 36.9 Å². The summed E-state index contributed by atoms with van der Waals surface area (Å²) in [5.74, 6) is -3.01. The molecule has 1 atom stereocenters. The third-order valence-corrected chi connectivity index (χ3v) is 6.66. The number of alkyl halides is 3. The Hall–Kier alpha value is -4.98. The summed E-state index contributed by atoms with van der Waals surface area (Å²) < 4.78 is 82.0. The summed E-state index contributed by atoms with van der Waals surface area (Å²) in [5.41, 5.74) is -0.636. The number of ether oxygens (including phenoxy) is 2. The molecule has 3 heterocycles. The van der Waals surface area contributed by atoms with Crippen LogP contribution in [-0.2, 0) is 15.7 Å². The van der Waals surface area contributed by atoms with Crippen molar-refractivity contribution in [3.8, 4) is 39.8 Å². The lowest BCUT2D eigenvalue weighted by atomic mass is 10.0. The smallest absolute Gasteiger partial charge is 0.417 e. The number of aliphatic hydroxyl groups is 1. The Labute approximate surface area is 253 Å². The van der Waals surface area contributed by atoms with Crippen molar-refractivity contribution >= 4 is 5.97 Å². The van der Waals surface area contributed by atoms with Gasteiger partial charge in [-0.25, -0.2) is 23.5 Å². The maximum Gasteiger partial charge on any atom is 0.417 e. The normalized spacial score (nSPS) is 12.3. The minimum absolute atomic E-state index is 0.00223. The average molecular weight is 628 g/mol. The predicted octanol–water partition coefficient (Wildman–Crippen LogP) is 6.11. The largest absolute Gasteiger partial charge is 0.494 e. The molecule has 0 aliphatic carbocycles. The summed E-state index contributed by atoms with van der Waals surface area (Å²) >= 11 is 0. The molecule has 2 aliphatic rings. The highest BCUT2D eigenvalue weighted by atomic mass is 19.4. The Morgan fingerprint density at radius 1 is 0.978 bits per heavy atom. The van der Waals surface area contributed by atoms with Gasteiger partial charge in [0.15, 0.2) is 23.5 Å². The van der Waals surface area contributed by atoms with E-state index in [1.54, 1.807) is 0 Å². The SMILES string of the molecule is CCCOc1ccc(-c2ccc(C(C(=O)OCCCO)n3cc4nc(-c5cccc(F)c5F)nc-4cn3)cn2)c(C(F)(F)F)c1. The summed E-state index contributed by atoms with van der Waals surface area (Å²) in [6.07, 6.45) is -0.0355. The van der Waals surface area contributed by atoms with Crippen LogP contribution < -0.4 is 4.74 Å². The molecule has 2 aliphatic heterocycles. The fraction of sp³-hybridized carbons (Fsp3) is 0.258. The van der Waals surface area contributed by atoms with Gasteiger partial charge in [0.05, 0.1) is 42.4 Å². The minimum Gasteiger partial charge on any atom is -0.494 e. The van der Waals surface area contributed by atoms with Gasteiger partial charge in [-0.3, -0.25) is 9.67 Å². The molecule has 1 unspecified atom stereocenters. The molecular weight excluding hydrogens is 601 g/mol. The first kappa shape index (κ1) is 31.4. The monoisotopic (exact) mass is 627 g/mol. The van der Waals surface area contributed by atoms with Crippen LogP contribution in [0.2, 0.25) is 0 Å². The molecule has 1 aromatic heterocycles. The molecule has 3 aromatic rings. The highest BCUT2D eigenvalue weighted by Gasteiger charge is 2.35. The number of esters is 1. The van der Waals surface area contributed by atoms with E-state index in [0.29, 0.717) is 6.42 Å². The van der Waals surface area contributed by atoms with Crippen molar-refractivity contribution in [2.45, 2.75) is 32.0 Å². The summed E-state index contributed by atoms with van der Waals surface area (Å²) in [4.78, 5) is 26.0. The molecule has 45 heavy (non-hydrogen) atoms. The molecule has 9 nitrogen and oxygen atoms in total. The van der Waals surface area contributed by atoms with E-state index in [1.165, 1.54) is 59.7 Å². The Morgan fingerprint density at radius 3 is 2.49 bits per heavy atom. The van der Waals surface area contributed by atoms with E-state index in [4.69, 9.17) is 14.6 Å². The van der Waals surface area contributed by atoms with Crippen LogP contribution in [0, 0.1) is 11.6 Å². The van der Waals surface area contributed by atoms with Gasteiger partial charge in [0.1, 0.15) is 17.1 Å². The lowest BCUT2D eigenvalue weighted by Crippen LogP contribution is -2.26. The van der Waals surface area contributed by atoms with Crippen molar-refractivity contribution in [1.82, 2.24) is 24.7 Å². The molecule has 0 saturated heterocycles. The van der Waals surface area contributed by atoms with Gasteiger partial charge in [0, 0.05) is 30.4 Å². The summed E-state index contributed by atoms with van der Waals surface area (Å²) in [6, 6.07) is 8.70. The van der Waals surface area contributed by atoms with Crippen LogP contribution in [0.5, 0.6) is 5.75 Å². The quantitative estimate of drug-likeness (QED) is 0.106. The first-order valence-corrected chi connectivity index (χ1v) is 13.8. The first-order chi connectivity index (χ1) is 21.6. The van der Waals surface area contributed by atoms with E-state index < -0.39 is 35.4 Å². The number of carbonyl (C=O) groups is 1. The lowest BCUT2D eigenvalue weighted by Gasteiger charge is -2.19. The molecular formula is C31H26F5N5O4. The zero-order valence-corrected chi connectivity index (χ0v) is 23.8. The van der Waals surface area contributed by atoms with Gasteiger partial charge in [-0.05, 0) is 42.8 Å². The molecule has 0 radical (unpaired) electrons. The maximum absolute atomic E-state index is 14.4. The average Bonchev–Trinajstić information content (AvgIpc) is 3.45. The Balaban J connectivity index is 1.52. The molecule has 2 aromatic carbocycles. The van der Waals surface area contributed by atoms with Gasteiger partial charge in [-0.15, -0.1) is 0 Å². The second kappa shape index (κ2) is 13.3. The standard InChI is InChI=1S/C31H26F5N5O4/c1-2-12-44-19-8-9-20(22(14-19)31(34,35)36)24-10-7-18(15-37-24)28(30(43)45-13-4-11-42)41-17-26-25(16-38-41)39-29(40-26)21-5-3-6-23(32)27(21)33/h3,5-10,14-17,28,42H,2,4,11-13H2,1H3. The molecule has 5 rings (SSSR count). The molecule has 0 spiro atoms. The summed E-state index contributed by atoms with van der Waals surface area (Å²) in [6.45, 7) is 1.76. The number of carbonyl (C=O) groups excluding carboxylic acids is 1. The van der Waals surface area contributed by atoms with Crippen molar-refractivity contribution < 1.29 is 41.3 Å². The number of pyridine rings is 1. The fourth-order valence-electron chi connectivity index (χ4n) is 4.51. The van der Waals surface area contributed by atoms with Crippen molar-refractivity contribution in [2.75, 3.05) is 19.8 Å². The number of rotatable bonds is 11. The van der Waals surface area contributed by atoms with Crippen LogP contribution >= 0.6 is 0 Å². The van der Waals surface area contributed by atoms with E-state index in [1.807, 2.05) is 6.92 Å². The van der Waals surface area contributed by atoms with Crippen molar-refractivity contribution in [3.05, 3.63) is 89.9 Å². The number of halogens is 5. The van der Waals surface area contributed by atoms with Crippen molar-refractivity contribution in [2.24, 2.45) is 0 Å². The number of nitrogens with zero attached hydrogens (tertiary/aromatic N) is 5. The van der Waals surface area contributed by atoms with E-state index >= 15 is 0 Å². The molecule has 234 valence electrons. The van der Waals surface area contributed by atoms with Crippen LogP contribution in [0.4, 0.5) is 22.0 Å². The second-order valence-electron chi connectivity index (χ2n) is 9.85. The van der Waals surface area contributed by atoms with E-state index in [0.717, 1.165) is 12.1 Å².